The highest BCUT2D eigenvalue weighted by Gasteiger charge is 2.02. The number of nitrogens with two attached hydrogens (primary N) is 1. The van der Waals surface area contributed by atoms with Crippen LogP contribution in [0.1, 0.15) is 0 Å². The van der Waals surface area contributed by atoms with Crippen LogP contribution in [0.2, 0.25) is 0 Å². The average molecular weight is 163 g/mol. The lowest BCUT2D eigenvalue weighted by atomic mass is 10.2. The normalized spacial score (nSPS) is 19.0. The summed E-state index contributed by atoms with van der Waals surface area (Å²) in [6.45, 7) is 0. The van der Waals surface area contributed by atoms with E-state index in [4.69, 9.17) is 10.8 Å². The van der Waals surface area contributed by atoms with E-state index in [0.717, 1.165) is 5.57 Å². The lowest BCUT2D eigenvalue weighted by Gasteiger charge is -1.89. The van der Waals surface area contributed by atoms with E-state index < -0.39 is 5.97 Å². The van der Waals surface area contributed by atoms with Crippen LogP contribution in [0.4, 0.5) is 0 Å². The summed E-state index contributed by atoms with van der Waals surface area (Å²) in [6.07, 6.45) is 9.51. The van der Waals surface area contributed by atoms with Gasteiger partial charge in [-0.05, 0) is 17.7 Å². The molecule has 0 aliphatic heterocycles. The first-order chi connectivity index (χ1) is 5.74. The number of aliphatic carboxylic acids is 1. The molecule has 0 aromatic rings. The van der Waals surface area contributed by atoms with Crippen molar-refractivity contribution in [3.8, 4) is 0 Å². The van der Waals surface area contributed by atoms with Crippen molar-refractivity contribution < 1.29 is 9.90 Å². The molecule has 1 rings (SSSR count). The van der Waals surface area contributed by atoms with Crippen LogP contribution in [0.5, 0.6) is 0 Å². The quantitative estimate of drug-likeness (QED) is 0.605. The molecule has 0 spiro atoms. The predicted octanol–water partition coefficient (Wildman–Crippen LogP) is 0.966. The van der Waals surface area contributed by atoms with E-state index in [1.807, 2.05) is 0 Å². The standard InChI is InChI=1S/C9H9NO2/c10-6-7-2-1-3-8(5-4-7)9(11)12/h1-6H,10H2,(H,11,12)/b7-6+. The zero-order valence-corrected chi connectivity index (χ0v) is 6.40. The minimum Gasteiger partial charge on any atom is -0.478 e. The molecule has 0 atom stereocenters. The highest BCUT2D eigenvalue weighted by atomic mass is 16.4. The second-order valence-electron chi connectivity index (χ2n) is 2.29. The average Bonchev–Trinajstić information content (AvgIpc) is 2.28. The van der Waals surface area contributed by atoms with Crippen LogP contribution in [-0.2, 0) is 4.79 Å². The van der Waals surface area contributed by atoms with Crippen LogP contribution in [0.3, 0.4) is 0 Å². The van der Waals surface area contributed by atoms with Crippen molar-refractivity contribution in [1.82, 2.24) is 0 Å². The summed E-state index contributed by atoms with van der Waals surface area (Å²) in [6, 6.07) is 0. The predicted molar refractivity (Wildman–Crippen MR) is 46.3 cm³/mol. The maximum absolute atomic E-state index is 10.5. The summed E-state index contributed by atoms with van der Waals surface area (Å²) in [5, 5.41) is 8.62. The van der Waals surface area contributed by atoms with Gasteiger partial charge in [0.15, 0.2) is 0 Å². The zero-order valence-electron chi connectivity index (χ0n) is 6.40. The van der Waals surface area contributed by atoms with Crippen LogP contribution in [-0.4, -0.2) is 11.1 Å². The Kier molecular flexibility index (Phi) is 2.48. The van der Waals surface area contributed by atoms with Crippen LogP contribution in [0.25, 0.3) is 0 Å². The maximum Gasteiger partial charge on any atom is 0.335 e. The van der Waals surface area contributed by atoms with Crippen molar-refractivity contribution >= 4 is 5.97 Å². The van der Waals surface area contributed by atoms with E-state index in [0.29, 0.717) is 0 Å². The Bertz CT molecular complexity index is 308. The lowest BCUT2D eigenvalue weighted by molar-refractivity contribution is -0.132. The Labute approximate surface area is 70.2 Å². The number of hydrogen-bond acceptors (Lipinski definition) is 2. The maximum atomic E-state index is 10.5. The van der Waals surface area contributed by atoms with Crippen LogP contribution in [0, 0.1) is 0 Å². The third-order valence-corrected chi connectivity index (χ3v) is 1.46. The van der Waals surface area contributed by atoms with E-state index in [9.17, 15) is 4.79 Å². The molecular weight excluding hydrogens is 154 g/mol. The van der Waals surface area contributed by atoms with Crippen molar-refractivity contribution in [2.24, 2.45) is 5.73 Å². The molecule has 1 aliphatic rings. The fourth-order valence-electron chi connectivity index (χ4n) is 0.814. The highest BCUT2D eigenvalue weighted by molar-refractivity contribution is 5.90. The smallest absolute Gasteiger partial charge is 0.335 e. The second-order valence-corrected chi connectivity index (χ2v) is 2.29. The van der Waals surface area contributed by atoms with Crippen molar-refractivity contribution in [3.05, 3.63) is 47.7 Å². The van der Waals surface area contributed by atoms with Gasteiger partial charge in [0, 0.05) is 6.20 Å². The van der Waals surface area contributed by atoms with Gasteiger partial charge in [-0.2, -0.15) is 0 Å². The Balaban J connectivity index is 2.93. The molecule has 0 radical (unpaired) electrons. The molecule has 0 unspecified atom stereocenters. The highest BCUT2D eigenvalue weighted by Crippen LogP contribution is 2.08. The third-order valence-electron chi connectivity index (χ3n) is 1.46. The van der Waals surface area contributed by atoms with Gasteiger partial charge in [-0.15, -0.1) is 0 Å². The summed E-state index contributed by atoms with van der Waals surface area (Å²) in [5.74, 6) is -0.936. The molecule has 3 N–H and O–H groups in total. The van der Waals surface area contributed by atoms with Gasteiger partial charge in [-0.25, -0.2) is 4.79 Å². The minimum atomic E-state index is -0.936. The van der Waals surface area contributed by atoms with Crippen LogP contribution >= 0.6 is 0 Å². The summed E-state index contributed by atoms with van der Waals surface area (Å²) >= 11 is 0. The summed E-state index contributed by atoms with van der Waals surface area (Å²) < 4.78 is 0. The topological polar surface area (TPSA) is 63.3 Å². The van der Waals surface area contributed by atoms with Gasteiger partial charge >= 0.3 is 5.97 Å². The van der Waals surface area contributed by atoms with Gasteiger partial charge in [0.05, 0.1) is 5.57 Å². The molecule has 0 bridgehead atoms. The molecule has 0 saturated heterocycles. The molecule has 62 valence electrons. The molecule has 0 amide bonds. The van der Waals surface area contributed by atoms with Gasteiger partial charge in [-0.3, -0.25) is 0 Å². The second kappa shape index (κ2) is 3.57. The number of hydrogen-bond donors (Lipinski definition) is 2. The zero-order chi connectivity index (χ0) is 8.97. The molecule has 1 aliphatic carbocycles. The summed E-state index contributed by atoms with van der Waals surface area (Å²) in [5.41, 5.74) is 6.31. The number of carboxylic acid groups (broad SMARTS) is 1. The molecular formula is C9H9NO2. The summed E-state index contributed by atoms with van der Waals surface area (Å²) in [4.78, 5) is 10.5. The fraction of sp³-hybridized carbons (Fsp3) is 0. The molecule has 0 fully saturated rings. The van der Waals surface area contributed by atoms with E-state index >= 15 is 0 Å². The minimum absolute atomic E-state index is 0.253. The van der Waals surface area contributed by atoms with Gasteiger partial charge in [0.2, 0.25) is 0 Å². The first-order valence-electron chi connectivity index (χ1n) is 3.45. The Morgan fingerprint density at radius 2 is 2.17 bits per heavy atom. The summed E-state index contributed by atoms with van der Waals surface area (Å²) in [7, 11) is 0. The molecule has 12 heavy (non-hydrogen) atoms. The molecule has 0 aromatic heterocycles. The van der Waals surface area contributed by atoms with Crippen molar-refractivity contribution in [2.45, 2.75) is 0 Å². The van der Waals surface area contributed by atoms with Gasteiger partial charge in [0.1, 0.15) is 0 Å². The Hall–Kier alpha value is -1.77. The SMILES string of the molecule is N/C=C1\C=CC=C(C(=O)O)C=C1. The molecule has 3 nitrogen and oxygen atoms in total. The van der Waals surface area contributed by atoms with E-state index in [2.05, 4.69) is 0 Å². The van der Waals surface area contributed by atoms with E-state index in [1.165, 1.54) is 18.4 Å². The van der Waals surface area contributed by atoms with E-state index in [-0.39, 0.29) is 5.57 Å². The number of allylic oxidation sites excluding steroid dienone is 5. The number of carboxylic acids is 1. The Morgan fingerprint density at radius 1 is 1.42 bits per heavy atom. The Morgan fingerprint density at radius 3 is 2.75 bits per heavy atom. The molecule has 3 heteroatoms. The largest absolute Gasteiger partial charge is 0.478 e. The fourth-order valence-corrected chi connectivity index (χ4v) is 0.814. The monoisotopic (exact) mass is 163 g/mol. The van der Waals surface area contributed by atoms with Crippen molar-refractivity contribution in [1.29, 1.82) is 0 Å². The molecule has 0 aromatic carbocycles. The van der Waals surface area contributed by atoms with Gasteiger partial charge < -0.3 is 10.8 Å². The number of rotatable bonds is 1. The van der Waals surface area contributed by atoms with Crippen LogP contribution in [0.15, 0.2) is 47.7 Å². The molecule has 0 heterocycles. The van der Waals surface area contributed by atoms with Crippen molar-refractivity contribution in [2.75, 3.05) is 0 Å². The lowest BCUT2D eigenvalue weighted by Crippen LogP contribution is -1.96. The first kappa shape index (κ1) is 8.33. The van der Waals surface area contributed by atoms with Crippen LogP contribution < -0.4 is 5.73 Å². The van der Waals surface area contributed by atoms with E-state index in [1.54, 1.807) is 18.2 Å². The van der Waals surface area contributed by atoms with Crippen molar-refractivity contribution in [3.63, 3.8) is 0 Å². The van der Waals surface area contributed by atoms with Gasteiger partial charge in [0.25, 0.3) is 0 Å². The molecule has 0 saturated carbocycles. The number of carbonyl (C=O) groups is 1. The third kappa shape index (κ3) is 1.85. The van der Waals surface area contributed by atoms with Gasteiger partial charge in [-0.1, -0.05) is 18.2 Å². The first-order valence-corrected chi connectivity index (χ1v) is 3.45.